The van der Waals surface area contributed by atoms with Gasteiger partial charge in [-0.15, -0.1) is 0 Å². The van der Waals surface area contributed by atoms with Gasteiger partial charge >= 0.3 is 6.18 Å². The van der Waals surface area contributed by atoms with Gasteiger partial charge in [0.2, 0.25) is 0 Å². The Hall–Kier alpha value is -3.09. The van der Waals surface area contributed by atoms with Crippen LogP contribution in [0.15, 0.2) is 54.7 Å². The lowest BCUT2D eigenvalue weighted by molar-refractivity contribution is -0.137. The average molecular weight is 444 g/mol. The number of benzene rings is 2. The molecule has 1 amide bonds. The van der Waals surface area contributed by atoms with Crippen molar-refractivity contribution in [1.29, 1.82) is 0 Å². The van der Waals surface area contributed by atoms with Crippen LogP contribution in [0, 0.1) is 0 Å². The van der Waals surface area contributed by atoms with Crippen LogP contribution in [0.2, 0.25) is 0 Å². The lowest BCUT2D eigenvalue weighted by atomic mass is 9.96. The highest BCUT2D eigenvalue weighted by Gasteiger charge is 2.30. The number of nitrogens with one attached hydrogen (secondary N) is 1. The van der Waals surface area contributed by atoms with Crippen molar-refractivity contribution in [2.45, 2.75) is 58.8 Å². The summed E-state index contributed by atoms with van der Waals surface area (Å²) in [5.74, 6) is -0.255. The fourth-order valence-corrected chi connectivity index (χ4v) is 3.39. The van der Waals surface area contributed by atoms with Crippen molar-refractivity contribution in [3.05, 3.63) is 65.9 Å². The van der Waals surface area contributed by atoms with E-state index in [2.05, 4.69) is 10.4 Å². The molecule has 0 aliphatic rings. The van der Waals surface area contributed by atoms with E-state index in [1.807, 2.05) is 58.4 Å². The third kappa shape index (κ3) is 5.39. The van der Waals surface area contributed by atoms with Gasteiger partial charge in [-0.2, -0.15) is 18.3 Å². The molecule has 4 nitrogen and oxygen atoms in total. The fourth-order valence-electron chi connectivity index (χ4n) is 3.39. The molecule has 0 spiro atoms. The molecule has 0 saturated heterocycles. The zero-order valence-electron chi connectivity index (χ0n) is 19.1. The van der Waals surface area contributed by atoms with Gasteiger partial charge in [0, 0.05) is 22.9 Å². The van der Waals surface area contributed by atoms with Crippen molar-refractivity contribution in [1.82, 2.24) is 15.1 Å². The van der Waals surface area contributed by atoms with E-state index >= 15 is 0 Å². The smallest absolute Gasteiger partial charge is 0.347 e. The number of carbonyl (C=O) groups is 1. The van der Waals surface area contributed by atoms with Gasteiger partial charge in [-0.3, -0.25) is 9.48 Å². The van der Waals surface area contributed by atoms with Crippen LogP contribution in [0.1, 0.15) is 57.5 Å². The minimum atomic E-state index is -4.41. The first-order valence-electron chi connectivity index (χ1n) is 10.4. The van der Waals surface area contributed by atoms with Gasteiger partial charge in [0.05, 0.1) is 16.8 Å². The van der Waals surface area contributed by atoms with Crippen LogP contribution in [0.3, 0.4) is 0 Å². The largest absolute Gasteiger partial charge is 0.416 e. The first kappa shape index (κ1) is 23.6. The molecule has 0 atom stereocenters. The number of aromatic nitrogens is 2. The molecule has 0 saturated carbocycles. The molecule has 3 rings (SSSR count). The highest BCUT2D eigenvalue weighted by molar-refractivity contribution is 5.97. The Morgan fingerprint density at radius 3 is 1.97 bits per heavy atom. The Balaban J connectivity index is 2.16. The quantitative estimate of drug-likeness (QED) is 0.501. The molecule has 170 valence electrons. The molecule has 7 heteroatoms. The van der Waals surface area contributed by atoms with Gasteiger partial charge in [-0.1, -0.05) is 12.1 Å². The summed E-state index contributed by atoms with van der Waals surface area (Å²) in [6, 6.07) is 12.2. The van der Waals surface area contributed by atoms with Crippen LogP contribution in [-0.2, 0) is 11.7 Å². The van der Waals surface area contributed by atoms with E-state index in [9.17, 15) is 18.0 Å². The van der Waals surface area contributed by atoms with E-state index in [0.29, 0.717) is 16.7 Å². The third-order valence-corrected chi connectivity index (χ3v) is 4.80. The zero-order valence-corrected chi connectivity index (χ0v) is 19.1. The van der Waals surface area contributed by atoms with Crippen molar-refractivity contribution < 1.29 is 18.0 Å². The highest BCUT2D eigenvalue weighted by atomic mass is 19.4. The number of alkyl halides is 3. The predicted molar refractivity (Wildman–Crippen MR) is 120 cm³/mol. The summed E-state index contributed by atoms with van der Waals surface area (Å²) in [6.45, 7) is 11.7. The van der Waals surface area contributed by atoms with E-state index in [1.54, 1.807) is 18.3 Å². The lowest BCUT2D eigenvalue weighted by Gasteiger charge is -2.24. The summed E-state index contributed by atoms with van der Waals surface area (Å²) >= 11 is 0. The maximum absolute atomic E-state index is 13.0. The monoisotopic (exact) mass is 443 g/mol. The first-order chi connectivity index (χ1) is 14.6. The zero-order chi connectivity index (χ0) is 23.9. The molecule has 32 heavy (non-hydrogen) atoms. The van der Waals surface area contributed by atoms with Crippen molar-refractivity contribution in [3.8, 4) is 22.4 Å². The number of hydrogen-bond acceptors (Lipinski definition) is 2. The molecular formula is C25H28F3N3O. The number of carbonyl (C=O) groups excluding carboxylic acids is 1. The predicted octanol–water partition coefficient (Wildman–Crippen LogP) is 6.52. The molecule has 0 unspecified atom stereocenters. The van der Waals surface area contributed by atoms with Crippen LogP contribution in [0.25, 0.3) is 22.4 Å². The summed E-state index contributed by atoms with van der Waals surface area (Å²) in [5, 5.41) is 7.38. The normalized spacial score (nSPS) is 12.7. The number of hydrogen-bond donors (Lipinski definition) is 1. The van der Waals surface area contributed by atoms with Gasteiger partial charge in [0.15, 0.2) is 0 Å². The second-order valence-electron chi connectivity index (χ2n) is 9.88. The van der Waals surface area contributed by atoms with E-state index in [4.69, 9.17) is 0 Å². The maximum atomic E-state index is 13.0. The van der Waals surface area contributed by atoms with Crippen LogP contribution >= 0.6 is 0 Å². The molecule has 1 N–H and O–H groups in total. The molecule has 3 aromatic rings. The summed E-state index contributed by atoms with van der Waals surface area (Å²) in [5.41, 5.74) is 1.79. The fraction of sp³-hybridized carbons (Fsp3) is 0.360. The van der Waals surface area contributed by atoms with E-state index in [-0.39, 0.29) is 11.4 Å². The summed E-state index contributed by atoms with van der Waals surface area (Å²) in [6.07, 6.45) is -2.71. The van der Waals surface area contributed by atoms with Crippen molar-refractivity contribution in [2.75, 3.05) is 0 Å². The second-order valence-corrected chi connectivity index (χ2v) is 9.88. The Bertz CT molecular complexity index is 1120. The Morgan fingerprint density at radius 2 is 1.44 bits per heavy atom. The number of rotatable bonds is 3. The molecule has 0 fully saturated rings. The molecule has 0 radical (unpaired) electrons. The topological polar surface area (TPSA) is 46.9 Å². The standard InChI is InChI=1S/C25H28F3N3O/c1-23(2,3)30-22(32)19-14-17(16-7-9-20(10-8-16)25(26,27)28)13-18(15-19)21-11-12-29-31(21)24(4,5)6/h7-15H,1-6H3,(H,30,32). The van der Waals surface area contributed by atoms with Crippen LogP contribution in [-0.4, -0.2) is 21.2 Å². The Kier molecular flexibility index (Phi) is 5.98. The summed E-state index contributed by atoms with van der Waals surface area (Å²) < 4.78 is 40.8. The molecule has 0 aliphatic carbocycles. The van der Waals surface area contributed by atoms with E-state index in [0.717, 1.165) is 23.4 Å². The molecule has 0 aliphatic heterocycles. The summed E-state index contributed by atoms with van der Waals surface area (Å²) in [7, 11) is 0. The average Bonchev–Trinajstić information content (AvgIpc) is 3.16. The second kappa shape index (κ2) is 8.11. The first-order valence-corrected chi connectivity index (χ1v) is 10.4. The third-order valence-electron chi connectivity index (χ3n) is 4.80. The van der Waals surface area contributed by atoms with Gasteiger partial charge in [-0.25, -0.2) is 0 Å². The van der Waals surface area contributed by atoms with Crippen LogP contribution in [0.5, 0.6) is 0 Å². The minimum Gasteiger partial charge on any atom is -0.347 e. The summed E-state index contributed by atoms with van der Waals surface area (Å²) in [4.78, 5) is 13.0. The van der Waals surface area contributed by atoms with Gasteiger partial charge in [0.1, 0.15) is 0 Å². The van der Waals surface area contributed by atoms with E-state index < -0.39 is 17.3 Å². The van der Waals surface area contributed by atoms with Crippen LogP contribution in [0.4, 0.5) is 13.2 Å². The number of halogens is 3. The van der Waals surface area contributed by atoms with E-state index in [1.165, 1.54) is 12.1 Å². The molecule has 1 heterocycles. The molecule has 1 aromatic heterocycles. The van der Waals surface area contributed by atoms with Crippen LogP contribution < -0.4 is 5.32 Å². The number of nitrogens with zero attached hydrogens (tertiary/aromatic N) is 2. The Morgan fingerprint density at radius 1 is 0.844 bits per heavy atom. The van der Waals surface area contributed by atoms with Crippen molar-refractivity contribution >= 4 is 5.91 Å². The maximum Gasteiger partial charge on any atom is 0.416 e. The minimum absolute atomic E-state index is 0.255. The van der Waals surface area contributed by atoms with Gasteiger partial charge in [0.25, 0.3) is 5.91 Å². The highest BCUT2D eigenvalue weighted by Crippen LogP contribution is 2.34. The van der Waals surface area contributed by atoms with Crippen molar-refractivity contribution in [2.24, 2.45) is 0 Å². The van der Waals surface area contributed by atoms with Gasteiger partial charge in [-0.05, 0) is 89.1 Å². The van der Waals surface area contributed by atoms with Gasteiger partial charge < -0.3 is 5.32 Å². The van der Waals surface area contributed by atoms with Crippen molar-refractivity contribution in [3.63, 3.8) is 0 Å². The molecule has 2 aromatic carbocycles. The Labute approximate surface area is 186 Å². The number of amides is 1. The lowest BCUT2D eigenvalue weighted by Crippen LogP contribution is -2.40. The molecule has 0 bridgehead atoms. The molecular weight excluding hydrogens is 415 g/mol. The SMILES string of the molecule is CC(C)(C)NC(=O)c1cc(-c2ccc(C(F)(F)F)cc2)cc(-c2ccnn2C(C)(C)C)c1.